The number of likely N-dealkylation sites (N-methyl/N-ethyl adjacent to an activating group) is 1. The quantitative estimate of drug-likeness (QED) is 0.864. The number of nitrogens with zero attached hydrogens (tertiary/aromatic N) is 1. The Labute approximate surface area is 117 Å². The fourth-order valence-electron chi connectivity index (χ4n) is 1.81. The standard InChI is InChI=1S/C13H18ClFN2O2/c1-13(19,8-17(2)3)7-16-12(18)11-9(14)5-4-6-10(11)15/h4-6,19H,7-8H2,1-3H3,(H,16,18). The summed E-state index contributed by atoms with van der Waals surface area (Å²) >= 11 is 5.79. The van der Waals surface area contributed by atoms with E-state index in [1.54, 1.807) is 11.8 Å². The highest BCUT2D eigenvalue weighted by molar-refractivity contribution is 6.33. The lowest BCUT2D eigenvalue weighted by Crippen LogP contribution is -2.47. The molecule has 0 aliphatic heterocycles. The van der Waals surface area contributed by atoms with Gasteiger partial charge in [0.1, 0.15) is 5.82 Å². The zero-order valence-electron chi connectivity index (χ0n) is 11.2. The van der Waals surface area contributed by atoms with Crippen LogP contribution in [0.2, 0.25) is 5.02 Å². The number of hydrogen-bond donors (Lipinski definition) is 2. The molecule has 1 rings (SSSR count). The molecule has 6 heteroatoms. The first-order valence-electron chi connectivity index (χ1n) is 5.82. The van der Waals surface area contributed by atoms with E-state index >= 15 is 0 Å². The number of aliphatic hydroxyl groups is 1. The smallest absolute Gasteiger partial charge is 0.255 e. The van der Waals surface area contributed by atoms with E-state index in [0.717, 1.165) is 0 Å². The van der Waals surface area contributed by atoms with Crippen molar-refractivity contribution in [2.24, 2.45) is 0 Å². The third-order valence-electron chi connectivity index (χ3n) is 2.48. The van der Waals surface area contributed by atoms with E-state index in [2.05, 4.69) is 5.32 Å². The van der Waals surface area contributed by atoms with Gasteiger partial charge in [-0.2, -0.15) is 0 Å². The maximum atomic E-state index is 13.5. The molecule has 0 spiro atoms. The molecule has 0 radical (unpaired) electrons. The van der Waals surface area contributed by atoms with Crippen LogP contribution in [0.5, 0.6) is 0 Å². The highest BCUT2D eigenvalue weighted by Crippen LogP contribution is 2.18. The van der Waals surface area contributed by atoms with Gasteiger partial charge in [0.05, 0.1) is 16.2 Å². The monoisotopic (exact) mass is 288 g/mol. The predicted molar refractivity (Wildman–Crippen MR) is 72.9 cm³/mol. The molecule has 0 saturated heterocycles. The molecule has 106 valence electrons. The Kier molecular flexibility index (Phi) is 5.29. The van der Waals surface area contributed by atoms with Crippen LogP contribution in [0.25, 0.3) is 0 Å². The SMILES string of the molecule is CN(C)CC(C)(O)CNC(=O)c1c(F)cccc1Cl. The van der Waals surface area contributed by atoms with Crippen LogP contribution < -0.4 is 5.32 Å². The molecular formula is C13H18ClFN2O2. The van der Waals surface area contributed by atoms with Gasteiger partial charge in [0.15, 0.2) is 0 Å². The van der Waals surface area contributed by atoms with Gasteiger partial charge in [0.2, 0.25) is 0 Å². The number of carbonyl (C=O) groups excluding carboxylic acids is 1. The number of benzene rings is 1. The molecule has 1 atom stereocenters. The molecule has 4 nitrogen and oxygen atoms in total. The van der Waals surface area contributed by atoms with E-state index in [1.807, 2.05) is 14.1 Å². The van der Waals surface area contributed by atoms with Gasteiger partial charge in [0, 0.05) is 13.1 Å². The molecule has 1 aromatic carbocycles. The molecule has 0 bridgehead atoms. The van der Waals surface area contributed by atoms with Crippen molar-refractivity contribution in [2.75, 3.05) is 27.2 Å². The fraction of sp³-hybridized carbons (Fsp3) is 0.462. The van der Waals surface area contributed by atoms with Crippen molar-refractivity contribution >= 4 is 17.5 Å². The fourth-order valence-corrected chi connectivity index (χ4v) is 2.06. The second-order valence-corrected chi connectivity index (χ2v) is 5.42. The zero-order chi connectivity index (χ0) is 14.6. The molecule has 1 unspecified atom stereocenters. The predicted octanol–water partition coefficient (Wildman–Crippen LogP) is 1.52. The molecule has 0 aliphatic carbocycles. The largest absolute Gasteiger partial charge is 0.387 e. The highest BCUT2D eigenvalue weighted by Gasteiger charge is 2.24. The average molecular weight is 289 g/mol. The highest BCUT2D eigenvalue weighted by atomic mass is 35.5. The third-order valence-corrected chi connectivity index (χ3v) is 2.79. The van der Waals surface area contributed by atoms with Crippen LogP contribution in [0.4, 0.5) is 4.39 Å². The van der Waals surface area contributed by atoms with Crippen molar-refractivity contribution in [3.63, 3.8) is 0 Å². The maximum absolute atomic E-state index is 13.5. The van der Waals surface area contributed by atoms with Crippen molar-refractivity contribution in [1.29, 1.82) is 0 Å². The maximum Gasteiger partial charge on any atom is 0.255 e. The normalized spacial score (nSPS) is 14.3. The molecule has 2 N–H and O–H groups in total. The minimum Gasteiger partial charge on any atom is -0.387 e. The topological polar surface area (TPSA) is 52.6 Å². The lowest BCUT2D eigenvalue weighted by Gasteiger charge is -2.27. The van der Waals surface area contributed by atoms with Gasteiger partial charge in [-0.15, -0.1) is 0 Å². The molecule has 19 heavy (non-hydrogen) atoms. The molecule has 0 fully saturated rings. The molecule has 0 aliphatic rings. The summed E-state index contributed by atoms with van der Waals surface area (Å²) in [7, 11) is 3.62. The lowest BCUT2D eigenvalue weighted by atomic mass is 10.1. The number of rotatable bonds is 5. The second-order valence-electron chi connectivity index (χ2n) is 5.01. The van der Waals surface area contributed by atoms with Gasteiger partial charge >= 0.3 is 0 Å². The Morgan fingerprint density at radius 2 is 2.16 bits per heavy atom. The number of halogens is 2. The average Bonchev–Trinajstić information content (AvgIpc) is 2.24. The molecule has 1 aromatic rings. The lowest BCUT2D eigenvalue weighted by molar-refractivity contribution is 0.0325. The van der Waals surface area contributed by atoms with E-state index in [0.29, 0.717) is 6.54 Å². The minimum absolute atomic E-state index is 0.00861. The molecule has 0 saturated carbocycles. The van der Waals surface area contributed by atoms with Crippen molar-refractivity contribution < 1.29 is 14.3 Å². The first kappa shape index (κ1) is 15.9. The summed E-state index contributed by atoms with van der Waals surface area (Å²) in [5.74, 6) is -1.32. The van der Waals surface area contributed by atoms with Gasteiger partial charge < -0.3 is 15.3 Å². The Bertz CT molecular complexity index is 444. The summed E-state index contributed by atoms with van der Waals surface area (Å²) in [5.41, 5.74) is -1.30. The van der Waals surface area contributed by atoms with Crippen LogP contribution in [0.15, 0.2) is 18.2 Å². The van der Waals surface area contributed by atoms with Crippen LogP contribution in [-0.2, 0) is 0 Å². The minimum atomic E-state index is -1.10. The number of hydrogen-bond acceptors (Lipinski definition) is 3. The molecular weight excluding hydrogens is 271 g/mol. The van der Waals surface area contributed by atoms with Crippen molar-refractivity contribution in [3.05, 3.63) is 34.6 Å². The van der Waals surface area contributed by atoms with Crippen LogP contribution in [-0.4, -0.2) is 48.7 Å². The zero-order valence-corrected chi connectivity index (χ0v) is 12.0. The summed E-state index contributed by atoms with van der Waals surface area (Å²) in [4.78, 5) is 13.7. The van der Waals surface area contributed by atoms with Gasteiger partial charge in [0.25, 0.3) is 5.91 Å². The summed E-state index contributed by atoms with van der Waals surface area (Å²) in [5, 5.41) is 12.6. The van der Waals surface area contributed by atoms with E-state index in [1.165, 1.54) is 18.2 Å². The summed E-state index contributed by atoms with van der Waals surface area (Å²) in [6, 6.07) is 4.03. The van der Waals surface area contributed by atoms with Gasteiger partial charge in [-0.1, -0.05) is 17.7 Å². The first-order valence-corrected chi connectivity index (χ1v) is 6.20. The molecule has 0 aromatic heterocycles. The van der Waals surface area contributed by atoms with Crippen LogP contribution in [0.1, 0.15) is 17.3 Å². The van der Waals surface area contributed by atoms with E-state index < -0.39 is 17.3 Å². The molecule has 1 amide bonds. The number of carbonyl (C=O) groups is 1. The van der Waals surface area contributed by atoms with E-state index in [-0.39, 0.29) is 17.1 Å². The number of nitrogens with one attached hydrogen (secondary N) is 1. The third kappa shape index (κ3) is 4.78. The second kappa shape index (κ2) is 6.32. The van der Waals surface area contributed by atoms with Crippen LogP contribution in [0.3, 0.4) is 0 Å². The van der Waals surface area contributed by atoms with Crippen molar-refractivity contribution in [2.45, 2.75) is 12.5 Å². The number of amides is 1. The van der Waals surface area contributed by atoms with Crippen LogP contribution >= 0.6 is 11.6 Å². The van der Waals surface area contributed by atoms with Crippen molar-refractivity contribution in [1.82, 2.24) is 10.2 Å². The van der Waals surface area contributed by atoms with Gasteiger partial charge in [-0.25, -0.2) is 4.39 Å². The van der Waals surface area contributed by atoms with Gasteiger partial charge in [-0.3, -0.25) is 4.79 Å². The first-order chi connectivity index (χ1) is 8.73. The van der Waals surface area contributed by atoms with Crippen molar-refractivity contribution in [3.8, 4) is 0 Å². The summed E-state index contributed by atoms with van der Waals surface area (Å²) in [6.07, 6.45) is 0. The Hall–Kier alpha value is -1.17. The van der Waals surface area contributed by atoms with E-state index in [9.17, 15) is 14.3 Å². The summed E-state index contributed by atoms with van der Waals surface area (Å²) < 4.78 is 13.5. The Morgan fingerprint density at radius 1 is 1.53 bits per heavy atom. The summed E-state index contributed by atoms with van der Waals surface area (Å²) in [6.45, 7) is 1.98. The van der Waals surface area contributed by atoms with E-state index in [4.69, 9.17) is 11.6 Å². The van der Waals surface area contributed by atoms with Crippen LogP contribution in [0, 0.1) is 5.82 Å². The van der Waals surface area contributed by atoms with Gasteiger partial charge in [-0.05, 0) is 33.2 Å². The molecule has 0 heterocycles. The Morgan fingerprint density at radius 3 is 2.68 bits per heavy atom. The Balaban J connectivity index is 2.71.